The van der Waals surface area contributed by atoms with Crippen LogP contribution in [0.25, 0.3) is 0 Å². The summed E-state index contributed by atoms with van der Waals surface area (Å²) >= 11 is 0. The minimum atomic E-state index is -3.70. The monoisotopic (exact) mass is 483 g/mol. The Balaban J connectivity index is 1.59. The van der Waals surface area contributed by atoms with Gasteiger partial charge in [-0.3, -0.25) is 4.79 Å². The van der Waals surface area contributed by atoms with Crippen molar-refractivity contribution in [3.63, 3.8) is 0 Å². The van der Waals surface area contributed by atoms with Gasteiger partial charge in [0.15, 0.2) is 6.10 Å². The number of hydrogen-bond acceptors (Lipinski definition) is 9. The van der Waals surface area contributed by atoms with E-state index in [4.69, 9.17) is 14.4 Å². The summed E-state index contributed by atoms with van der Waals surface area (Å²) in [6.07, 6.45) is 4.69. The molecule has 0 aliphatic carbocycles. The van der Waals surface area contributed by atoms with Crippen LogP contribution in [0.15, 0.2) is 17.6 Å². The summed E-state index contributed by atoms with van der Waals surface area (Å²) in [5, 5.41) is 18.5. The maximum atomic E-state index is 12.7. The van der Waals surface area contributed by atoms with Crippen molar-refractivity contribution >= 4 is 28.3 Å². The molecular weight excluding hydrogens is 449 g/mol. The third-order valence-corrected chi connectivity index (χ3v) is 8.36. The van der Waals surface area contributed by atoms with Gasteiger partial charge in [0.25, 0.3) is 5.91 Å². The van der Waals surface area contributed by atoms with Gasteiger partial charge in [0.1, 0.15) is 0 Å². The lowest BCUT2D eigenvalue weighted by atomic mass is 9.81. The average molecular weight is 483 g/mol. The van der Waals surface area contributed by atoms with Crippen LogP contribution < -0.4 is 5.46 Å². The van der Waals surface area contributed by atoms with E-state index < -0.39 is 46.8 Å². The van der Waals surface area contributed by atoms with Gasteiger partial charge in [0, 0.05) is 30.4 Å². The molecular formula is C21H34BN3O7S. The summed E-state index contributed by atoms with van der Waals surface area (Å²) in [5.74, 6) is -0.657. The first-order valence-corrected chi connectivity index (χ1v) is 13.0. The summed E-state index contributed by atoms with van der Waals surface area (Å²) in [6.45, 7) is 7.58. The van der Waals surface area contributed by atoms with Crippen LogP contribution in [0.3, 0.4) is 0 Å². The maximum absolute atomic E-state index is 12.7. The quantitative estimate of drug-likeness (QED) is 0.388. The lowest BCUT2D eigenvalue weighted by Gasteiger charge is -2.36. The van der Waals surface area contributed by atoms with Crippen molar-refractivity contribution in [3.05, 3.63) is 12.4 Å². The number of aliphatic hydroxyl groups is 2. The fourth-order valence-corrected chi connectivity index (χ4v) is 5.20. The van der Waals surface area contributed by atoms with Crippen molar-refractivity contribution in [2.45, 2.75) is 88.3 Å². The molecule has 2 atom stereocenters. The van der Waals surface area contributed by atoms with Crippen molar-refractivity contribution in [2.75, 3.05) is 18.9 Å². The van der Waals surface area contributed by atoms with Crippen LogP contribution in [-0.2, 0) is 23.9 Å². The molecule has 2 aliphatic heterocycles. The number of rotatable bonds is 8. The molecule has 0 unspecified atom stereocenters. The Morgan fingerprint density at radius 2 is 1.82 bits per heavy atom. The Bertz CT molecular complexity index is 924. The van der Waals surface area contributed by atoms with Crippen LogP contribution in [0.4, 0.5) is 0 Å². The second-order valence-electron chi connectivity index (χ2n) is 9.73. The molecule has 2 saturated heterocycles. The largest absolute Gasteiger partial charge is 0.498 e. The normalized spacial score (nSPS) is 23.5. The van der Waals surface area contributed by atoms with Crippen molar-refractivity contribution in [3.8, 4) is 0 Å². The summed E-state index contributed by atoms with van der Waals surface area (Å²) in [5.41, 5.74) is -0.500. The molecule has 2 fully saturated rings. The van der Waals surface area contributed by atoms with Crippen LogP contribution in [0.1, 0.15) is 59.8 Å². The Morgan fingerprint density at radius 3 is 2.39 bits per heavy atom. The van der Waals surface area contributed by atoms with Crippen molar-refractivity contribution in [1.82, 2.24) is 14.9 Å². The molecule has 0 spiro atoms. The molecule has 184 valence electrons. The zero-order valence-corrected chi connectivity index (χ0v) is 20.5. The first kappa shape index (κ1) is 26.0. The smallest absolute Gasteiger partial charge is 0.399 e. The van der Waals surface area contributed by atoms with E-state index in [0.717, 1.165) is 19.3 Å². The van der Waals surface area contributed by atoms with Crippen molar-refractivity contribution < 1.29 is 32.7 Å². The molecule has 1 amide bonds. The van der Waals surface area contributed by atoms with Gasteiger partial charge in [0.2, 0.25) is 15.0 Å². The Morgan fingerprint density at radius 1 is 1.21 bits per heavy atom. The number of hydrogen-bond donors (Lipinski definition) is 2. The molecule has 3 rings (SSSR count). The highest BCUT2D eigenvalue weighted by Crippen LogP contribution is 2.36. The Hall–Kier alpha value is -1.60. The molecule has 0 aromatic carbocycles. The van der Waals surface area contributed by atoms with E-state index in [-0.39, 0.29) is 17.0 Å². The van der Waals surface area contributed by atoms with Crippen LogP contribution in [0.5, 0.6) is 0 Å². The number of sulfone groups is 1. The average Bonchev–Trinajstić information content (AvgIpc) is 3.00. The highest BCUT2D eigenvalue weighted by Gasteiger charge is 2.52. The first-order valence-electron chi connectivity index (χ1n) is 11.4. The van der Waals surface area contributed by atoms with E-state index in [1.165, 1.54) is 12.4 Å². The molecule has 10 nitrogen and oxygen atoms in total. The van der Waals surface area contributed by atoms with E-state index in [9.17, 15) is 18.3 Å². The summed E-state index contributed by atoms with van der Waals surface area (Å²) in [7, 11) is -4.37. The molecule has 12 heteroatoms. The van der Waals surface area contributed by atoms with Gasteiger partial charge in [-0.25, -0.2) is 18.4 Å². The van der Waals surface area contributed by atoms with Crippen LogP contribution in [-0.4, -0.2) is 88.8 Å². The predicted octanol–water partition coefficient (Wildman–Crippen LogP) is 0.0640. The predicted molar refractivity (Wildman–Crippen MR) is 121 cm³/mol. The highest BCUT2D eigenvalue weighted by molar-refractivity contribution is 7.91. The highest BCUT2D eigenvalue weighted by atomic mass is 32.2. The molecule has 0 bridgehead atoms. The molecule has 1 aromatic heterocycles. The van der Waals surface area contributed by atoms with E-state index in [1.807, 2.05) is 27.7 Å². The van der Waals surface area contributed by atoms with Crippen LogP contribution in [0.2, 0.25) is 0 Å². The number of aliphatic hydroxyl groups excluding tert-OH is 2. The fraction of sp³-hybridized carbons (Fsp3) is 0.762. The molecule has 33 heavy (non-hydrogen) atoms. The number of aromatic nitrogens is 2. The second-order valence-corrected chi connectivity index (χ2v) is 11.7. The van der Waals surface area contributed by atoms with Crippen molar-refractivity contribution in [2.24, 2.45) is 0 Å². The number of amides is 1. The molecule has 1 aromatic rings. The van der Waals surface area contributed by atoms with E-state index in [1.54, 1.807) is 4.90 Å². The van der Waals surface area contributed by atoms with Gasteiger partial charge in [-0.15, -0.1) is 0 Å². The maximum Gasteiger partial charge on any atom is 0.498 e. The third-order valence-electron chi connectivity index (χ3n) is 6.77. The van der Waals surface area contributed by atoms with E-state index in [2.05, 4.69) is 9.97 Å². The lowest BCUT2D eigenvalue weighted by Crippen LogP contribution is -2.49. The standard InChI is InChI=1S/C21H34BN3O7S/c1-20(2)21(3,4)32-22(31-20)15-12-23-19(24-13-15)33(29,30)11-7-9-16-8-5-6-10-25(16)18(28)17(27)14-26/h12-13,16-17,26-27H,5-11,14H2,1-4H3/t16-,17-/m1/s1. The molecule has 0 saturated carbocycles. The molecule has 0 radical (unpaired) electrons. The molecule has 2 N–H and O–H groups in total. The van der Waals surface area contributed by atoms with Gasteiger partial charge >= 0.3 is 7.12 Å². The van der Waals surface area contributed by atoms with E-state index in [0.29, 0.717) is 24.8 Å². The number of carbonyl (C=O) groups excluding carboxylic acids is 1. The summed E-state index contributed by atoms with van der Waals surface area (Å²) in [4.78, 5) is 22.0. The Labute approximate surface area is 195 Å². The minimum absolute atomic E-state index is 0.149. The third kappa shape index (κ3) is 5.73. The zero-order chi connectivity index (χ0) is 24.4. The minimum Gasteiger partial charge on any atom is -0.399 e. The molecule has 3 heterocycles. The van der Waals surface area contributed by atoms with Gasteiger partial charge in [0.05, 0.1) is 23.6 Å². The van der Waals surface area contributed by atoms with Gasteiger partial charge in [-0.1, -0.05) is 0 Å². The fourth-order valence-electron chi connectivity index (χ4n) is 4.05. The van der Waals surface area contributed by atoms with Gasteiger partial charge in [-0.05, 0) is 59.8 Å². The van der Waals surface area contributed by atoms with Crippen LogP contribution in [0, 0.1) is 0 Å². The van der Waals surface area contributed by atoms with Crippen LogP contribution >= 0.6 is 0 Å². The molecule has 2 aliphatic rings. The summed E-state index contributed by atoms with van der Waals surface area (Å²) < 4.78 is 37.4. The number of nitrogens with zero attached hydrogens (tertiary/aromatic N) is 3. The Kier molecular flexibility index (Phi) is 7.84. The summed E-state index contributed by atoms with van der Waals surface area (Å²) in [6, 6.07) is -0.158. The number of carbonyl (C=O) groups is 1. The number of likely N-dealkylation sites (tertiary alicyclic amines) is 1. The van der Waals surface area contributed by atoms with Crippen molar-refractivity contribution in [1.29, 1.82) is 0 Å². The van der Waals surface area contributed by atoms with E-state index >= 15 is 0 Å². The lowest BCUT2D eigenvalue weighted by molar-refractivity contribution is -0.146. The first-order chi connectivity index (χ1) is 15.4. The zero-order valence-electron chi connectivity index (χ0n) is 19.7. The SMILES string of the molecule is CC1(C)OB(c2cnc(S(=O)(=O)CCC[C@H]3CCCCN3C(=O)[C@H](O)CO)nc2)OC1(C)C. The second kappa shape index (κ2) is 9.95. The number of piperidine rings is 1. The van der Waals surface area contributed by atoms with Gasteiger partial charge < -0.3 is 24.4 Å². The van der Waals surface area contributed by atoms with Gasteiger partial charge in [-0.2, -0.15) is 0 Å². The topological polar surface area (TPSA) is 139 Å².